The molecular weight excluding hydrogens is 530 g/mol. The molecule has 3 amide bonds. The average Bonchev–Trinajstić information content (AvgIpc) is 3.24. The van der Waals surface area contributed by atoms with Crippen molar-refractivity contribution in [1.29, 1.82) is 0 Å². The van der Waals surface area contributed by atoms with Crippen LogP contribution in [0.3, 0.4) is 0 Å². The van der Waals surface area contributed by atoms with Crippen molar-refractivity contribution in [3.8, 4) is 22.8 Å². The number of hydrogen-bond acceptors (Lipinski definition) is 7. The molecule has 1 unspecified atom stereocenters. The van der Waals surface area contributed by atoms with E-state index in [-0.39, 0.29) is 35.3 Å². The molecule has 40 heavy (non-hydrogen) atoms. The fourth-order valence-electron chi connectivity index (χ4n) is 5.29. The summed E-state index contributed by atoms with van der Waals surface area (Å²) >= 11 is 1.48. The van der Waals surface area contributed by atoms with Crippen molar-refractivity contribution in [1.82, 2.24) is 19.6 Å². The fraction of sp³-hybridized carbons (Fsp3) is 0.379. The van der Waals surface area contributed by atoms with Crippen molar-refractivity contribution in [2.75, 3.05) is 57.6 Å². The molecule has 3 aromatic rings. The third-order valence-electron chi connectivity index (χ3n) is 7.38. The molecule has 0 N–H and O–H groups in total. The first-order chi connectivity index (χ1) is 19.3. The highest BCUT2D eigenvalue weighted by Crippen LogP contribution is 2.50. The molecule has 210 valence electrons. The first-order valence-electron chi connectivity index (χ1n) is 13.1. The van der Waals surface area contributed by atoms with Crippen LogP contribution in [0.4, 0.5) is 5.82 Å². The van der Waals surface area contributed by atoms with E-state index in [9.17, 15) is 14.4 Å². The van der Waals surface area contributed by atoms with Gasteiger partial charge in [-0.2, -0.15) is 5.10 Å². The summed E-state index contributed by atoms with van der Waals surface area (Å²) in [4.78, 5) is 43.9. The van der Waals surface area contributed by atoms with E-state index in [1.54, 1.807) is 40.6 Å². The molecule has 2 aromatic carbocycles. The zero-order chi connectivity index (χ0) is 28.4. The number of thioether (sulfide) groups is 1. The molecule has 3 heterocycles. The number of methoxy groups -OCH3 is 2. The molecule has 11 heteroatoms. The number of carbonyl (C=O) groups is 3. The number of nitrogens with zero attached hydrogens (tertiary/aromatic N) is 5. The highest BCUT2D eigenvalue weighted by molar-refractivity contribution is 8.00. The number of piperazine rings is 1. The van der Waals surface area contributed by atoms with E-state index in [4.69, 9.17) is 14.6 Å². The van der Waals surface area contributed by atoms with E-state index in [1.165, 1.54) is 18.7 Å². The number of aryl methyl sites for hydroxylation is 1. The average molecular weight is 564 g/mol. The lowest BCUT2D eigenvalue weighted by molar-refractivity contribution is -0.137. The highest BCUT2D eigenvalue weighted by atomic mass is 32.2. The first-order valence-corrected chi connectivity index (χ1v) is 14.2. The van der Waals surface area contributed by atoms with Crippen molar-refractivity contribution in [2.45, 2.75) is 12.2 Å². The van der Waals surface area contributed by atoms with Gasteiger partial charge in [-0.05, 0) is 18.2 Å². The second-order valence-electron chi connectivity index (χ2n) is 9.74. The van der Waals surface area contributed by atoms with E-state index >= 15 is 0 Å². The van der Waals surface area contributed by atoms with Gasteiger partial charge in [-0.15, -0.1) is 11.8 Å². The lowest BCUT2D eigenvalue weighted by atomic mass is 9.98. The highest BCUT2D eigenvalue weighted by Gasteiger charge is 2.38. The summed E-state index contributed by atoms with van der Waals surface area (Å²) in [6.07, 6.45) is 0. The minimum Gasteiger partial charge on any atom is -0.497 e. The smallest absolute Gasteiger partial charge is 0.242 e. The Morgan fingerprint density at radius 1 is 1.00 bits per heavy atom. The molecular formula is C29H33N5O5S. The number of rotatable bonds is 6. The van der Waals surface area contributed by atoms with E-state index in [0.29, 0.717) is 43.5 Å². The summed E-state index contributed by atoms with van der Waals surface area (Å²) < 4.78 is 13.0. The molecule has 0 aliphatic carbocycles. The summed E-state index contributed by atoms with van der Waals surface area (Å²) in [6.45, 7) is 3.27. The van der Waals surface area contributed by atoms with Crippen molar-refractivity contribution < 1.29 is 23.9 Å². The van der Waals surface area contributed by atoms with Gasteiger partial charge in [0.25, 0.3) is 0 Å². The number of benzene rings is 2. The Morgan fingerprint density at radius 2 is 1.70 bits per heavy atom. The maximum absolute atomic E-state index is 13.7. The SMILES string of the molecule is COc1ccc(OC)c(C2SCC(=O)N(CC(=O)N3CCN(C(C)=O)CC3)c3c2c(-c2ccccc2)nn3C)c1. The van der Waals surface area contributed by atoms with Gasteiger partial charge in [0.2, 0.25) is 17.7 Å². The number of ether oxygens (including phenoxy) is 2. The summed E-state index contributed by atoms with van der Waals surface area (Å²) in [5.41, 5.74) is 3.35. The van der Waals surface area contributed by atoms with Crippen molar-refractivity contribution in [2.24, 2.45) is 7.05 Å². The minimum atomic E-state index is -0.313. The molecule has 0 saturated carbocycles. The van der Waals surface area contributed by atoms with Crippen LogP contribution in [0.25, 0.3) is 11.3 Å². The second kappa shape index (κ2) is 11.6. The molecule has 0 spiro atoms. The number of carbonyl (C=O) groups excluding carboxylic acids is 3. The topological polar surface area (TPSA) is 97.2 Å². The normalized spacial score (nSPS) is 17.4. The van der Waals surface area contributed by atoms with E-state index < -0.39 is 0 Å². The monoisotopic (exact) mass is 563 g/mol. The Morgan fingerprint density at radius 3 is 2.35 bits per heavy atom. The van der Waals surface area contributed by atoms with Crippen molar-refractivity contribution in [3.05, 3.63) is 59.7 Å². The number of hydrogen-bond donors (Lipinski definition) is 0. The Kier molecular flexibility index (Phi) is 8.02. The summed E-state index contributed by atoms with van der Waals surface area (Å²) in [7, 11) is 5.04. The van der Waals surface area contributed by atoms with Gasteiger partial charge in [-0.3, -0.25) is 24.0 Å². The van der Waals surface area contributed by atoms with Gasteiger partial charge in [0.15, 0.2) is 0 Å². The third-order valence-corrected chi connectivity index (χ3v) is 8.62. The molecule has 0 bridgehead atoms. The minimum absolute atomic E-state index is 0.00111. The first kappa shape index (κ1) is 27.6. The molecule has 2 aliphatic heterocycles. The van der Waals surface area contributed by atoms with Gasteiger partial charge in [0.1, 0.15) is 23.9 Å². The molecule has 5 rings (SSSR count). The van der Waals surface area contributed by atoms with Crippen LogP contribution in [0.5, 0.6) is 11.5 Å². The lowest BCUT2D eigenvalue weighted by Gasteiger charge is -2.35. The van der Waals surface area contributed by atoms with Gasteiger partial charge >= 0.3 is 0 Å². The zero-order valence-electron chi connectivity index (χ0n) is 23.1. The summed E-state index contributed by atoms with van der Waals surface area (Å²) in [5.74, 6) is 1.77. The molecule has 1 aromatic heterocycles. The lowest BCUT2D eigenvalue weighted by Crippen LogP contribution is -2.53. The quantitative estimate of drug-likeness (QED) is 0.455. The van der Waals surface area contributed by atoms with Crippen LogP contribution < -0.4 is 14.4 Å². The van der Waals surface area contributed by atoms with Crippen molar-refractivity contribution in [3.63, 3.8) is 0 Å². The summed E-state index contributed by atoms with van der Waals surface area (Å²) in [6, 6.07) is 15.5. The number of fused-ring (bicyclic) bond motifs is 1. The molecule has 2 aliphatic rings. The van der Waals surface area contributed by atoms with E-state index in [2.05, 4.69) is 0 Å². The number of anilines is 1. The van der Waals surface area contributed by atoms with Crippen LogP contribution in [-0.2, 0) is 21.4 Å². The number of aromatic nitrogens is 2. The van der Waals surface area contributed by atoms with Crippen LogP contribution in [-0.4, -0.2) is 90.0 Å². The maximum Gasteiger partial charge on any atom is 0.242 e. The van der Waals surface area contributed by atoms with Crippen LogP contribution in [0, 0.1) is 0 Å². The molecule has 1 atom stereocenters. The van der Waals surface area contributed by atoms with Gasteiger partial charge < -0.3 is 19.3 Å². The second-order valence-corrected chi connectivity index (χ2v) is 10.8. The molecule has 10 nitrogen and oxygen atoms in total. The fourth-order valence-corrected chi connectivity index (χ4v) is 6.51. The van der Waals surface area contributed by atoms with Gasteiger partial charge in [-0.25, -0.2) is 0 Å². The Labute approximate surface area is 237 Å². The van der Waals surface area contributed by atoms with Crippen LogP contribution in [0.2, 0.25) is 0 Å². The number of amides is 3. The zero-order valence-corrected chi connectivity index (χ0v) is 23.9. The van der Waals surface area contributed by atoms with Gasteiger partial charge in [-0.1, -0.05) is 30.3 Å². The predicted molar refractivity (Wildman–Crippen MR) is 154 cm³/mol. The third kappa shape index (κ3) is 5.25. The van der Waals surface area contributed by atoms with Gasteiger partial charge in [0.05, 0.1) is 30.9 Å². The van der Waals surface area contributed by atoms with Crippen LogP contribution in [0.1, 0.15) is 23.3 Å². The van der Waals surface area contributed by atoms with E-state index in [1.807, 2.05) is 48.5 Å². The van der Waals surface area contributed by atoms with E-state index in [0.717, 1.165) is 22.4 Å². The Balaban J connectivity index is 1.59. The molecule has 0 radical (unpaired) electrons. The maximum atomic E-state index is 13.7. The Bertz CT molecular complexity index is 1420. The van der Waals surface area contributed by atoms with Crippen LogP contribution >= 0.6 is 11.8 Å². The standard InChI is InChI=1S/C29H33N5O5S/c1-19(35)32-12-14-33(15-13-32)24(36)17-34-25(37)18-40-28(22-16-21(38-3)10-11-23(22)39-4)26-27(30-31(2)29(26)34)20-8-6-5-7-9-20/h5-11,16,28H,12-15,17-18H2,1-4H3. The Hall–Kier alpha value is -3.99. The molecule has 1 fully saturated rings. The van der Waals surface area contributed by atoms with Crippen molar-refractivity contribution >= 4 is 35.3 Å². The van der Waals surface area contributed by atoms with Crippen LogP contribution in [0.15, 0.2) is 48.5 Å². The van der Waals surface area contributed by atoms with Gasteiger partial charge in [0, 0.05) is 56.8 Å². The largest absolute Gasteiger partial charge is 0.497 e. The predicted octanol–water partition coefficient (Wildman–Crippen LogP) is 2.96. The molecule has 1 saturated heterocycles. The summed E-state index contributed by atoms with van der Waals surface area (Å²) in [5, 5.41) is 4.57.